The van der Waals surface area contributed by atoms with E-state index in [4.69, 9.17) is 0 Å². The van der Waals surface area contributed by atoms with Gasteiger partial charge < -0.3 is 9.47 Å². The number of cyclic esters (lactones) is 2. The molecule has 0 aromatic heterocycles. The van der Waals surface area contributed by atoms with E-state index in [0.29, 0.717) is 0 Å². The zero-order chi connectivity index (χ0) is 8.43. The summed E-state index contributed by atoms with van der Waals surface area (Å²) in [5.74, 6) is -0.762. The van der Waals surface area contributed by atoms with Crippen molar-refractivity contribution in [2.75, 3.05) is 7.11 Å². The van der Waals surface area contributed by atoms with Gasteiger partial charge in [-0.25, -0.2) is 4.79 Å². The van der Waals surface area contributed by atoms with Crippen molar-refractivity contribution in [3.63, 3.8) is 0 Å². The highest BCUT2D eigenvalue weighted by Gasteiger charge is 2.48. The topological polar surface area (TPSA) is 61.8 Å². The van der Waals surface area contributed by atoms with Gasteiger partial charge in [-0.3, -0.25) is 0 Å². The van der Waals surface area contributed by atoms with Gasteiger partial charge in [-0.05, 0) is 11.5 Å². The summed E-state index contributed by atoms with van der Waals surface area (Å²) in [4.78, 5) is 10.5. The normalized spacial score (nSPS) is 31.1. The molecule has 0 N–H and O–H groups in total. The molecule has 1 saturated heterocycles. The van der Waals surface area contributed by atoms with Gasteiger partial charge in [-0.15, -0.1) is 4.52 Å². The van der Waals surface area contributed by atoms with Crippen molar-refractivity contribution < 1.29 is 23.4 Å². The molecule has 1 rings (SSSR count). The maximum Gasteiger partial charge on any atom is 0.557 e. The van der Waals surface area contributed by atoms with Crippen LogP contribution in [0.2, 0.25) is 0 Å². The van der Waals surface area contributed by atoms with Crippen molar-refractivity contribution in [2.45, 2.75) is 18.9 Å². The third kappa shape index (κ3) is 1.67. The summed E-state index contributed by atoms with van der Waals surface area (Å²) in [5, 5.41) is 0. The average Bonchev–Trinajstić information content (AvgIpc) is 2.28. The molecule has 3 unspecified atom stereocenters. The Hall–Kier alpha value is -0.670. The Labute approximate surface area is 64.5 Å². The van der Waals surface area contributed by atoms with Gasteiger partial charge in [0.15, 0.2) is 6.10 Å². The lowest BCUT2D eigenvalue weighted by Crippen LogP contribution is -2.14. The lowest BCUT2D eigenvalue weighted by molar-refractivity contribution is 0.120. The van der Waals surface area contributed by atoms with Crippen LogP contribution in [-0.4, -0.2) is 25.2 Å². The van der Waals surface area contributed by atoms with Gasteiger partial charge in [0.1, 0.15) is 0 Å². The largest absolute Gasteiger partial charge is 0.557 e. The van der Waals surface area contributed by atoms with Gasteiger partial charge >= 0.3 is 20.0 Å². The van der Waals surface area contributed by atoms with Crippen LogP contribution in [0.1, 0.15) is 6.92 Å². The number of ether oxygens (including phenoxy) is 2. The Bertz CT molecular complexity index is 191. The minimum Gasteiger partial charge on any atom is -0.422 e. The van der Waals surface area contributed by atoms with Crippen molar-refractivity contribution in [1.82, 2.24) is 0 Å². The Morgan fingerprint density at radius 3 is 2.55 bits per heavy atom. The Morgan fingerprint density at radius 2 is 2.18 bits per heavy atom. The number of carbonyl (C=O) groups is 1. The van der Waals surface area contributed by atoms with Gasteiger partial charge in [0.05, 0.1) is 7.11 Å². The number of rotatable bonds is 2. The number of carbonyl (C=O) groups excluding carboxylic acids is 1. The van der Waals surface area contributed by atoms with Crippen molar-refractivity contribution >= 4 is 14.2 Å². The van der Waals surface area contributed by atoms with Gasteiger partial charge in [0.25, 0.3) is 0 Å². The first-order chi connectivity index (χ1) is 5.15. The van der Waals surface area contributed by atoms with E-state index in [0.717, 1.165) is 0 Å². The quantitative estimate of drug-likeness (QED) is 0.471. The molecule has 1 aliphatic heterocycles. The standard InChI is InChI=1S/C5H8O5P/c1-3-4(11(7)8-2)10-5(6)9-3/h3-4H,1-2H3/q+1. The molecule has 1 fully saturated rings. The van der Waals surface area contributed by atoms with Gasteiger partial charge in [-0.1, -0.05) is 0 Å². The Balaban J connectivity index is 2.59. The smallest absolute Gasteiger partial charge is 0.422 e. The molecule has 0 radical (unpaired) electrons. The number of hydrogen-bond donors (Lipinski definition) is 0. The molecule has 62 valence electrons. The van der Waals surface area contributed by atoms with Crippen LogP contribution < -0.4 is 0 Å². The molecule has 1 aliphatic rings. The summed E-state index contributed by atoms with van der Waals surface area (Å²) >= 11 is 0. The molecular formula is C5H8O5P+. The SMILES string of the molecule is CO[P+](=O)C1OC(=O)OC1C. The van der Waals surface area contributed by atoms with Crippen LogP contribution in [-0.2, 0) is 18.6 Å². The minimum atomic E-state index is -1.96. The van der Waals surface area contributed by atoms with E-state index in [1.165, 1.54) is 7.11 Å². The number of hydrogen-bond acceptors (Lipinski definition) is 5. The molecule has 3 atom stereocenters. The molecule has 0 saturated carbocycles. The first kappa shape index (κ1) is 8.43. The second-order valence-electron chi connectivity index (χ2n) is 2.05. The van der Waals surface area contributed by atoms with Crippen LogP contribution >= 0.6 is 8.03 Å². The second-order valence-corrected chi connectivity index (χ2v) is 3.49. The summed E-state index contributed by atoms with van der Waals surface area (Å²) in [5.41, 5.74) is 0. The Kier molecular flexibility index (Phi) is 2.42. The minimum absolute atomic E-state index is 0.494. The van der Waals surface area contributed by atoms with E-state index in [1.54, 1.807) is 6.92 Å². The van der Waals surface area contributed by atoms with Crippen LogP contribution in [0.15, 0.2) is 0 Å². The molecule has 0 spiro atoms. The summed E-state index contributed by atoms with van der Waals surface area (Å²) in [7, 11) is -0.674. The lowest BCUT2D eigenvalue weighted by Gasteiger charge is -1.96. The van der Waals surface area contributed by atoms with E-state index in [1.807, 2.05) is 0 Å². The van der Waals surface area contributed by atoms with E-state index >= 15 is 0 Å². The van der Waals surface area contributed by atoms with Gasteiger partial charge in [0.2, 0.25) is 0 Å². The summed E-state index contributed by atoms with van der Waals surface area (Å²) in [6.07, 6.45) is -1.28. The predicted molar refractivity (Wildman–Crippen MR) is 35.4 cm³/mol. The molecular weight excluding hydrogens is 171 g/mol. The lowest BCUT2D eigenvalue weighted by atomic mass is 10.4. The molecule has 0 aromatic carbocycles. The molecule has 0 aromatic rings. The van der Waals surface area contributed by atoms with Crippen molar-refractivity contribution in [2.24, 2.45) is 0 Å². The van der Waals surface area contributed by atoms with Gasteiger partial charge in [0, 0.05) is 0 Å². The zero-order valence-electron chi connectivity index (χ0n) is 6.14. The zero-order valence-corrected chi connectivity index (χ0v) is 7.04. The molecule has 6 heteroatoms. The molecule has 11 heavy (non-hydrogen) atoms. The highest BCUT2D eigenvalue weighted by molar-refractivity contribution is 7.39. The monoisotopic (exact) mass is 179 g/mol. The third-order valence-electron chi connectivity index (χ3n) is 1.29. The van der Waals surface area contributed by atoms with Crippen LogP contribution in [0, 0.1) is 0 Å². The Morgan fingerprint density at radius 1 is 1.55 bits per heavy atom. The van der Waals surface area contributed by atoms with E-state index in [-0.39, 0.29) is 0 Å². The fourth-order valence-electron chi connectivity index (χ4n) is 0.751. The molecule has 0 bridgehead atoms. The van der Waals surface area contributed by atoms with Crippen molar-refractivity contribution in [1.29, 1.82) is 0 Å². The molecule has 5 nitrogen and oxygen atoms in total. The fourth-order valence-corrected chi connectivity index (χ4v) is 1.53. The van der Waals surface area contributed by atoms with Crippen LogP contribution in [0.25, 0.3) is 0 Å². The maximum atomic E-state index is 10.9. The summed E-state index contributed by atoms with van der Waals surface area (Å²) in [6, 6.07) is 0. The first-order valence-corrected chi connectivity index (χ1v) is 4.27. The highest BCUT2D eigenvalue weighted by Crippen LogP contribution is 2.36. The van der Waals surface area contributed by atoms with Crippen LogP contribution in [0.5, 0.6) is 0 Å². The summed E-state index contributed by atoms with van der Waals surface area (Å²) in [6.45, 7) is 1.60. The maximum absolute atomic E-state index is 10.9. The predicted octanol–water partition coefficient (Wildman–Crippen LogP) is 1.26. The van der Waals surface area contributed by atoms with E-state index in [2.05, 4.69) is 14.0 Å². The van der Waals surface area contributed by atoms with Gasteiger partial charge in [-0.2, -0.15) is 0 Å². The first-order valence-electron chi connectivity index (χ1n) is 3.03. The van der Waals surface area contributed by atoms with Crippen LogP contribution in [0.3, 0.4) is 0 Å². The van der Waals surface area contributed by atoms with Crippen LogP contribution in [0.4, 0.5) is 4.79 Å². The second kappa shape index (κ2) is 3.15. The molecule has 0 aliphatic carbocycles. The summed E-state index contributed by atoms with van der Waals surface area (Å²) < 4.78 is 24.6. The molecule has 0 amide bonds. The van der Waals surface area contributed by atoms with E-state index < -0.39 is 26.1 Å². The average molecular weight is 179 g/mol. The molecule has 1 heterocycles. The fraction of sp³-hybridized carbons (Fsp3) is 0.800. The highest BCUT2D eigenvalue weighted by atomic mass is 31.1. The van der Waals surface area contributed by atoms with Crippen molar-refractivity contribution in [3.05, 3.63) is 0 Å². The third-order valence-corrected chi connectivity index (χ3v) is 2.59. The van der Waals surface area contributed by atoms with Crippen molar-refractivity contribution in [3.8, 4) is 0 Å². The van der Waals surface area contributed by atoms with E-state index in [9.17, 15) is 9.36 Å².